The van der Waals surface area contributed by atoms with E-state index in [0.717, 1.165) is 17.2 Å². The zero-order chi connectivity index (χ0) is 11.5. The Balaban J connectivity index is 2.19. The fraction of sp³-hybridized carbons (Fsp3) is 0.300. The summed E-state index contributed by atoms with van der Waals surface area (Å²) in [5.74, 6) is 0.744. The van der Waals surface area contributed by atoms with Gasteiger partial charge in [0.05, 0.1) is 23.4 Å². The van der Waals surface area contributed by atoms with Gasteiger partial charge in [0, 0.05) is 12.4 Å². The van der Waals surface area contributed by atoms with Crippen molar-refractivity contribution in [3.63, 3.8) is 0 Å². The minimum Gasteiger partial charge on any atom is -0.363 e. The predicted octanol–water partition coefficient (Wildman–Crippen LogP) is 1.67. The molecule has 0 unspecified atom stereocenters. The molecule has 0 saturated heterocycles. The van der Waals surface area contributed by atoms with Gasteiger partial charge in [-0.2, -0.15) is 10.4 Å². The van der Waals surface area contributed by atoms with E-state index in [1.165, 1.54) is 0 Å². The molecule has 1 N–H and O–H groups in total. The summed E-state index contributed by atoms with van der Waals surface area (Å²) in [6.07, 6.45) is 0. The number of nitrogens with one attached hydrogen (secondary N) is 1. The number of hydrogen-bond donors (Lipinski definition) is 1. The maximum atomic E-state index is 9.01. The summed E-state index contributed by atoms with van der Waals surface area (Å²) < 4.78 is 1.68. The monoisotopic (exact) mass is 233 g/mol. The molecule has 0 aliphatic carbocycles. The molecule has 2 heterocycles. The third-order valence-electron chi connectivity index (χ3n) is 2.25. The summed E-state index contributed by atoms with van der Waals surface area (Å²) in [5, 5.41) is 18.4. The molecule has 2 aromatic heterocycles. The fourth-order valence-electron chi connectivity index (χ4n) is 1.49. The van der Waals surface area contributed by atoms with Crippen LogP contribution in [-0.2, 0) is 13.6 Å². The van der Waals surface area contributed by atoms with Crippen molar-refractivity contribution in [3.05, 3.63) is 27.8 Å². The number of anilines is 1. The first-order chi connectivity index (χ1) is 7.72. The van der Waals surface area contributed by atoms with E-state index in [1.807, 2.05) is 19.4 Å². The number of thiazole rings is 1. The Morgan fingerprint density at radius 1 is 1.62 bits per heavy atom. The van der Waals surface area contributed by atoms with E-state index < -0.39 is 0 Å². The van der Waals surface area contributed by atoms with E-state index >= 15 is 0 Å². The first-order valence-electron chi connectivity index (χ1n) is 4.77. The largest absolute Gasteiger partial charge is 0.363 e. The molecule has 0 fully saturated rings. The van der Waals surface area contributed by atoms with Gasteiger partial charge in [-0.25, -0.2) is 4.98 Å². The Morgan fingerprint density at radius 2 is 2.44 bits per heavy atom. The highest BCUT2D eigenvalue weighted by molar-refractivity contribution is 7.07. The molecule has 0 aliphatic heterocycles. The molecule has 5 nitrogen and oxygen atoms in total. The topological polar surface area (TPSA) is 66.5 Å². The Bertz CT molecular complexity index is 520. The van der Waals surface area contributed by atoms with Crippen LogP contribution in [0.5, 0.6) is 0 Å². The van der Waals surface area contributed by atoms with Gasteiger partial charge in [-0.1, -0.05) is 0 Å². The molecule has 6 heteroatoms. The van der Waals surface area contributed by atoms with Crippen LogP contribution in [0.2, 0.25) is 0 Å². The number of hydrogen-bond acceptors (Lipinski definition) is 5. The van der Waals surface area contributed by atoms with Crippen LogP contribution in [0.4, 0.5) is 5.82 Å². The van der Waals surface area contributed by atoms with Crippen molar-refractivity contribution in [1.29, 1.82) is 5.26 Å². The number of nitrogens with zero attached hydrogens (tertiary/aromatic N) is 4. The lowest BCUT2D eigenvalue weighted by molar-refractivity contribution is 0.757. The number of rotatable bonds is 3. The molecule has 2 rings (SSSR count). The average molecular weight is 233 g/mol. The van der Waals surface area contributed by atoms with Crippen LogP contribution in [0.1, 0.15) is 17.0 Å². The zero-order valence-corrected chi connectivity index (χ0v) is 9.88. The average Bonchev–Trinajstić information content (AvgIpc) is 2.83. The van der Waals surface area contributed by atoms with Gasteiger partial charge in [-0.05, 0) is 6.92 Å². The Kier molecular flexibility index (Phi) is 2.88. The second-order valence-electron chi connectivity index (χ2n) is 3.38. The quantitative estimate of drug-likeness (QED) is 0.875. The van der Waals surface area contributed by atoms with Crippen LogP contribution in [0, 0.1) is 18.3 Å². The number of nitriles is 1. The smallest absolute Gasteiger partial charge is 0.142 e. The molecule has 0 aromatic carbocycles. The lowest BCUT2D eigenvalue weighted by atomic mass is 10.2. The van der Waals surface area contributed by atoms with Crippen molar-refractivity contribution in [2.24, 2.45) is 7.05 Å². The van der Waals surface area contributed by atoms with Crippen molar-refractivity contribution in [1.82, 2.24) is 14.8 Å². The third kappa shape index (κ3) is 1.90. The minimum absolute atomic E-state index is 0.595. The van der Waals surface area contributed by atoms with Crippen LogP contribution >= 0.6 is 11.3 Å². The standard InChI is InChI=1S/C10H11N5S/c1-7-9(3-11)10(15(2)14-7)12-4-8-5-16-6-13-8/h5-6,12H,4H2,1-2H3. The van der Waals surface area contributed by atoms with Crippen LogP contribution in [0.15, 0.2) is 10.9 Å². The van der Waals surface area contributed by atoms with Crippen molar-refractivity contribution < 1.29 is 0 Å². The summed E-state index contributed by atoms with van der Waals surface area (Å²) in [7, 11) is 1.82. The highest BCUT2D eigenvalue weighted by Crippen LogP contribution is 2.18. The second-order valence-corrected chi connectivity index (χ2v) is 4.10. The molecule has 0 bridgehead atoms. The molecule has 0 atom stereocenters. The van der Waals surface area contributed by atoms with Crippen LogP contribution in [-0.4, -0.2) is 14.8 Å². The number of aromatic nitrogens is 3. The third-order valence-corrected chi connectivity index (χ3v) is 2.89. The lowest BCUT2D eigenvalue weighted by Crippen LogP contribution is -2.05. The van der Waals surface area contributed by atoms with Gasteiger partial charge in [0.15, 0.2) is 0 Å². The molecule has 2 aromatic rings. The van der Waals surface area contributed by atoms with E-state index in [2.05, 4.69) is 21.5 Å². The molecule has 82 valence electrons. The van der Waals surface area contributed by atoms with E-state index in [-0.39, 0.29) is 0 Å². The van der Waals surface area contributed by atoms with Gasteiger partial charge < -0.3 is 5.32 Å². The van der Waals surface area contributed by atoms with Gasteiger partial charge in [-0.3, -0.25) is 4.68 Å². The van der Waals surface area contributed by atoms with Crippen LogP contribution in [0.3, 0.4) is 0 Å². The van der Waals surface area contributed by atoms with Crippen LogP contribution in [0.25, 0.3) is 0 Å². The van der Waals surface area contributed by atoms with E-state index in [4.69, 9.17) is 5.26 Å². The maximum absolute atomic E-state index is 9.01. The Hall–Kier alpha value is -1.87. The minimum atomic E-state index is 0.595. The van der Waals surface area contributed by atoms with Gasteiger partial charge in [0.25, 0.3) is 0 Å². The molecule has 16 heavy (non-hydrogen) atoms. The molecular weight excluding hydrogens is 222 g/mol. The van der Waals surface area contributed by atoms with Crippen molar-refractivity contribution in [3.8, 4) is 6.07 Å². The molecule has 0 amide bonds. The zero-order valence-electron chi connectivity index (χ0n) is 9.06. The normalized spacial score (nSPS) is 10.1. The van der Waals surface area contributed by atoms with Gasteiger partial charge in [0.2, 0.25) is 0 Å². The van der Waals surface area contributed by atoms with E-state index in [0.29, 0.717) is 12.1 Å². The fourth-order valence-corrected chi connectivity index (χ4v) is 2.05. The van der Waals surface area contributed by atoms with Crippen LogP contribution < -0.4 is 5.32 Å². The first-order valence-corrected chi connectivity index (χ1v) is 5.71. The summed E-state index contributed by atoms with van der Waals surface area (Å²) >= 11 is 1.56. The lowest BCUT2D eigenvalue weighted by Gasteiger charge is -2.04. The van der Waals surface area contributed by atoms with Crippen molar-refractivity contribution >= 4 is 17.2 Å². The molecule has 0 saturated carbocycles. The predicted molar refractivity (Wildman–Crippen MR) is 62.1 cm³/mol. The summed E-state index contributed by atoms with van der Waals surface area (Å²) in [4.78, 5) is 4.17. The Labute approximate surface area is 97.4 Å². The molecule has 0 radical (unpaired) electrons. The highest BCUT2D eigenvalue weighted by atomic mass is 32.1. The summed E-state index contributed by atoms with van der Waals surface area (Å²) in [6, 6.07) is 2.15. The summed E-state index contributed by atoms with van der Waals surface area (Å²) in [6.45, 7) is 2.43. The van der Waals surface area contributed by atoms with E-state index in [1.54, 1.807) is 21.5 Å². The van der Waals surface area contributed by atoms with Crippen molar-refractivity contribution in [2.45, 2.75) is 13.5 Å². The number of aryl methyl sites for hydroxylation is 2. The van der Waals surface area contributed by atoms with E-state index in [9.17, 15) is 0 Å². The van der Waals surface area contributed by atoms with Gasteiger partial charge >= 0.3 is 0 Å². The van der Waals surface area contributed by atoms with Gasteiger partial charge in [-0.15, -0.1) is 11.3 Å². The SMILES string of the molecule is Cc1nn(C)c(NCc2cscn2)c1C#N. The van der Waals surface area contributed by atoms with Crippen molar-refractivity contribution in [2.75, 3.05) is 5.32 Å². The first kappa shape index (κ1) is 10.6. The highest BCUT2D eigenvalue weighted by Gasteiger charge is 2.12. The maximum Gasteiger partial charge on any atom is 0.142 e. The second kappa shape index (κ2) is 4.33. The summed E-state index contributed by atoms with van der Waals surface area (Å²) in [5.41, 5.74) is 4.09. The molecule has 0 aliphatic rings. The van der Waals surface area contributed by atoms with Gasteiger partial charge in [0.1, 0.15) is 17.5 Å². The Morgan fingerprint density at radius 3 is 3.06 bits per heavy atom. The molecular formula is C10H11N5S. The molecule has 0 spiro atoms.